The van der Waals surface area contributed by atoms with Crippen LogP contribution in [0.25, 0.3) is 16.7 Å². The molecule has 0 spiro atoms. The molecule has 3 heterocycles. The maximum atomic E-state index is 6.15. The first kappa shape index (κ1) is 12.8. The van der Waals surface area contributed by atoms with E-state index >= 15 is 0 Å². The summed E-state index contributed by atoms with van der Waals surface area (Å²) in [6.45, 7) is 3.59. The SMILES string of the molecule is Cc1nn(-c2ccccc2)c2nc(N)c(C3=NCCN3)cc12. The molecule has 3 N–H and O–H groups in total. The van der Waals surface area contributed by atoms with E-state index < -0.39 is 0 Å². The fourth-order valence-electron chi connectivity index (χ4n) is 2.71. The topological polar surface area (TPSA) is 81.1 Å². The maximum Gasteiger partial charge on any atom is 0.165 e. The summed E-state index contributed by atoms with van der Waals surface area (Å²) < 4.78 is 1.83. The molecule has 110 valence electrons. The van der Waals surface area contributed by atoms with Crippen LogP contribution in [0.15, 0.2) is 41.4 Å². The molecule has 0 radical (unpaired) electrons. The van der Waals surface area contributed by atoms with Gasteiger partial charge in [0.05, 0.1) is 23.5 Å². The van der Waals surface area contributed by atoms with Crippen molar-refractivity contribution in [3.8, 4) is 5.69 Å². The molecule has 1 aliphatic heterocycles. The Morgan fingerprint density at radius 2 is 2.05 bits per heavy atom. The van der Waals surface area contributed by atoms with Gasteiger partial charge in [0.2, 0.25) is 0 Å². The summed E-state index contributed by atoms with van der Waals surface area (Å²) in [5, 5.41) is 8.84. The van der Waals surface area contributed by atoms with E-state index in [2.05, 4.69) is 20.4 Å². The van der Waals surface area contributed by atoms with Gasteiger partial charge in [-0.15, -0.1) is 0 Å². The van der Waals surface area contributed by atoms with Gasteiger partial charge in [-0.05, 0) is 25.1 Å². The summed E-state index contributed by atoms with van der Waals surface area (Å²) in [6, 6.07) is 12.0. The number of benzene rings is 1. The number of para-hydroxylation sites is 1. The van der Waals surface area contributed by atoms with E-state index in [1.807, 2.05) is 48.0 Å². The molecule has 2 aromatic heterocycles. The molecule has 0 unspecified atom stereocenters. The van der Waals surface area contributed by atoms with Crippen LogP contribution in [0.5, 0.6) is 0 Å². The van der Waals surface area contributed by atoms with E-state index in [-0.39, 0.29) is 0 Å². The van der Waals surface area contributed by atoms with Crippen molar-refractivity contribution in [3.63, 3.8) is 0 Å². The number of fused-ring (bicyclic) bond motifs is 1. The second-order valence-electron chi connectivity index (χ2n) is 5.28. The third-order valence-corrected chi connectivity index (χ3v) is 3.80. The fraction of sp³-hybridized carbons (Fsp3) is 0.188. The van der Waals surface area contributed by atoms with Crippen LogP contribution in [-0.4, -0.2) is 33.7 Å². The highest BCUT2D eigenvalue weighted by atomic mass is 15.3. The zero-order valence-electron chi connectivity index (χ0n) is 12.2. The summed E-state index contributed by atoms with van der Waals surface area (Å²) in [4.78, 5) is 9.00. The van der Waals surface area contributed by atoms with Gasteiger partial charge in [0.25, 0.3) is 0 Å². The first-order valence-electron chi connectivity index (χ1n) is 7.24. The van der Waals surface area contributed by atoms with Crippen LogP contribution >= 0.6 is 0 Å². The number of pyridine rings is 1. The molecule has 1 aromatic carbocycles. The number of aliphatic imine (C=N–C) groups is 1. The fourth-order valence-corrected chi connectivity index (χ4v) is 2.71. The van der Waals surface area contributed by atoms with Gasteiger partial charge in [-0.2, -0.15) is 5.10 Å². The molecule has 6 heteroatoms. The largest absolute Gasteiger partial charge is 0.383 e. The minimum atomic E-state index is 0.470. The van der Waals surface area contributed by atoms with Crippen molar-refractivity contribution in [2.75, 3.05) is 18.8 Å². The quantitative estimate of drug-likeness (QED) is 0.752. The molecule has 0 aliphatic carbocycles. The van der Waals surface area contributed by atoms with Gasteiger partial charge in [0.1, 0.15) is 11.7 Å². The van der Waals surface area contributed by atoms with E-state index in [4.69, 9.17) is 5.73 Å². The summed E-state index contributed by atoms with van der Waals surface area (Å²) in [7, 11) is 0. The minimum absolute atomic E-state index is 0.470. The molecular weight excluding hydrogens is 276 g/mol. The van der Waals surface area contributed by atoms with E-state index in [1.54, 1.807) is 0 Å². The lowest BCUT2D eigenvalue weighted by Crippen LogP contribution is -2.21. The Labute approximate surface area is 127 Å². The highest BCUT2D eigenvalue weighted by Gasteiger charge is 2.17. The predicted octanol–water partition coefficient (Wildman–Crippen LogP) is 1.66. The third kappa shape index (κ3) is 1.92. The van der Waals surface area contributed by atoms with Crippen LogP contribution in [-0.2, 0) is 0 Å². The van der Waals surface area contributed by atoms with Crippen LogP contribution in [0, 0.1) is 6.92 Å². The molecule has 0 saturated carbocycles. The Kier molecular flexibility index (Phi) is 2.82. The smallest absolute Gasteiger partial charge is 0.165 e. The number of hydrogen-bond acceptors (Lipinski definition) is 5. The highest BCUT2D eigenvalue weighted by Crippen LogP contribution is 2.24. The number of aryl methyl sites for hydroxylation is 1. The highest BCUT2D eigenvalue weighted by molar-refractivity contribution is 6.05. The lowest BCUT2D eigenvalue weighted by Gasteiger charge is -2.07. The van der Waals surface area contributed by atoms with Crippen LogP contribution < -0.4 is 11.1 Å². The molecule has 6 nitrogen and oxygen atoms in total. The van der Waals surface area contributed by atoms with Gasteiger partial charge in [-0.25, -0.2) is 9.67 Å². The second-order valence-corrected chi connectivity index (χ2v) is 5.28. The lowest BCUT2D eigenvalue weighted by molar-refractivity contribution is 0.878. The van der Waals surface area contributed by atoms with Crippen LogP contribution in [0.4, 0.5) is 5.82 Å². The van der Waals surface area contributed by atoms with Crippen LogP contribution in [0.1, 0.15) is 11.3 Å². The lowest BCUT2D eigenvalue weighted by atomic mass is 10.1. The van der Waals surface area contributed by atoms with Gasteiger partial charge in [-0.1, -0.05) is 18.2 Å². The predicted molar refractivity (Wildman–Crippen MR) is 87.4 cm³/mol. The van der Waals surface area contributed by atoms with E-state index in [9.17, 15) is 0 Å². The Morgan fingerprint density at radius 3 is 2.77 bits per heavy atom. The van der Waals surface area contributed by atoms with Gasteiger partial charge in [0, 0.05) is 11.9 Å². The average Bonchev–Trinajstić information content (AvgIpc) is 3.16. The zero-order valence-corrected chi connectivity index (χ0v) is 12.2. The van der Waals surface area contributed by atoms with Crippen LogP contribution in [0.3, 0.4) is 0 Å². The van der Waals surface area contributed by atoms with E-state index in [0.717, 1.165) is 46.9 Å². The Morgan fingerprint density at radius 1 is 1.23 bits per heavy atom. The Bertz CT molecular complexity index is 879. The molecule has 22 heavy (non-hydrogen) atoms. The van der Waals surface area contributed by atoms with Crippen LogP contribution in [0.2, 0.25) is 0 Å². The molecule has 3 aromatic rings. The van der Waals surface area contributed by atoms with Gasteiger partial charge >= 0.3 is 0 Å². The second kappa shape index (κ2) is 4.84. The van der Waals surface area contributed by atoms with E-state index in [1.165, 1.54) is 0 Å². The molecular formula is C16H16N6. The molecule has 4 rings (SSSR count). The van der Waals surface area contributed by atoms with Crippen molar-refractivity contribution in [2.45, 2.75) is 6.92 Å². The van der Waals surface area contributed by atoms with Crippen molar-refractivity contribution in [3.05, 3.63) is 47.7 Å². The number of anilines is 1. The standard InChI is InChI=1S/C16H16N6/c1-10-12-9-13(15-18-7-8-19-15)14(17)20-16(12)22(21-10)11-5-3-2-4-6-11/h2-6,9H,7-8H2,1H3,(H2,17,20)(H,18,19). The number of rotatable bonds is 2. The molecule has 1 aliphatic rings. The van der Waals surface area contributed by atoms with Gasteiger partial charge in [-0.3, -0.25) is 4.99 Å². The summed E-state index contributed by atoms with van der Waals surface area (Å²) in [6.07, 6.45) is 0. The first-order valence-corrected chi connectivity index (χ1v) is 7.24. The number of hydrogen-bond donors (Lipinski definition) is 2. The van der Waals surface area contributed by atoms with Crippen molar-refractivity contribution in [2.24, 2.45) is 4.99 Å². The number of amidine groups is 1. The summed E-state index contributed by atoms with van der Waals surface area (Å²) >= 11 is 0. The van der Waals surface area contributed by atoms with Crippen molar-refractivity contribution in [1.29, 1.82) is 0 Å². The monoisotopic (exact) mass is 292 g/mol. The number of nitrogens with one attached hydrogen (secondary N) is 1. The normalized spacial score (nSPS) is 14.1. The Balaban J connectivity index is 1.94. The van der Waals surface area contributed by atoms with Crippen molar-refractivity contribution < 1.29 is 0 Å². The molecule has 0 bridgehead atoms. The third-order valence-electron chi connectivity index (χ3n) is 3.80. The minimum Gasteiger partial charge on any atom is -0.383 e. The zero-order chi connectivity index (χ0) is 15.1. The first-order chi connectivity index (χ1) is 10.7. The number of aromatic nitrogens is 3. The van der Waals surface area contributed by atoms with Crippen molar-refractivity contribution >= 4 is 22.7 Å². The molecule has 0 amide bonds. The average molecular weight is 292 g/mol. The summed E-state index contributed by atoms with van der Waals surface area (Å²) in [5.41, 5.74) is 9.66. The molecule has 0 fully saturated rings. The molecule has 0 saturated heterocycles. The van der Waals surface area contributed by atoms with Gasteiger partial charge < -0.3 is 11.1 Å². The van der Waals surface area contributed by atoms with Crippen molar-refractivity contribution in [1.82, 2.24) is 20.1 Å². The number of nitrogen functional groups attached to an aromatic ring is 1. The number of nitrogens with two attached hydrogens (primary N) is 1. The Hall–Kier alpha value is -2.89. The maximum absolute atomic E-state index is 6.15. The van der Waals surface area contributed by atoms with Gasteiger partial charge in [0.15, 0.2) is 5.65 Å². The molecule has 0 atom stereocenters. The summed E-state index contributed by atoms with van der Waals surface area (Å²) in [5.74, 6) is 1.29. The van der Waals surface area contributed by atoms with E-state index in [0.29, 0.717) is 5.82 Å². The number of nitrogens with zero attached hydrogens (tertiary/aromatic N) is 4.